The van der Waals surface area contributed by atoms with Crippen LogP contribution in [-0.2, 0) is 4.74 Å². The van der Waals surface area contributed by atoms with Gasteiger partial charge >= 0.3 is 6.09 Å². The molecule has 0 atom stereocenters. The highest BCUT2D eigenvalue weighted by Gasteiger charge is 2.38. The molecular formula is C13H25NO2. The Balaban J connectivity index is 2.57. The van der Waals surface area contributed by atoms with Gasteiger partial charge < -0.3 is 10.1 Å². The van der Waals surface area contributed by atoms with E-state index in [1.54, 1.807) is 0 Å². The number of carbonyl (C=O) groups is 1. The third-order valence-electron chi connectivity index (χ3n) is 3.15. The maximum atomic E-state index is 11.4. The van der Waals surface area contributed by atoms with Crippen LogP contribution in [0.15, 0.2) is 0 Å². The van der Waals surface area contributed by atoms with Crippen molar-refractivity contribution in [2.75, 3.05) is 6.61 Å². The van der Waals surface area contributed by atoms with Crippen molar-refractivity contribution >= 4 is 6.09 Å². The molecule has 0 heterocycles. The zero-order chi connectivity index (χ0) is 12.4. The van der Waals surface area contributed by atoms with Gasteiger partial charge in [-0.15, -0.1) is 0 Å². The summed E-state index contributed by atoms with van der Waals surface area (Å²) in [6, 6.07) is 0.248. The summed E-state index contributed by atoms with van der Waals surface area (Å²) in [6.45, 7) is 11.3. The zero-order valence-corrected chi connectivity index (χ0v) is 11.2. The molecule has 1 amide bonds. The summed E-state index contributed by atoms with van der Waals surface area (Å²) in [5.41, 5.74) is 0.595. The first-order chi connectivity index (χ1) is 7.24. The fourth-order valence-corrected chi connectivity index (χ4v) is 3.29. The van der Waals surface area contributed by atoms with E-state index in [4.69, 9.17) is 4.74 Å². The number of nitrogens with one attached hydrogen (secondary N) is 1. The molecule has 1 fully saturated rings. The third-order valence-corrected chi connectivity index (χ3v) is 3.15. The van der Waals surface area contributed by atoms with E-state index in [9.17, 15) is 4.79 Å². The normalized spacial score (nSPS) is 23.8. The Hall–Kier alpha value is -0.730. The Morgan fingerprint density at radius 3 is 2.19 bits per heavy atom. The van der Waals surface area contributed by atoms with Crippen molar-refractivity contribution in [2.24, 2.45) is 10.8 Å². The van der Waals surface area contributed by atoms with Gasteiger partial charge in [-0.2, -0.15) is 0 Å². The maximum absolute atomic E-state index is 11.4. The Kier molecular flexibility index (Phi) is 3.87. The Bertz CT molecular complexity index is 243. The van der Waals surface area contributed by atoms with Gasteiger partial charge in [0.25, 0.3) is 0 Å². The summed E-state index contributed by atoms with van der Waals surface area (Å²) in [6.07, 6.45) is 3.01. The van der Waals surface area contributed by atoms with Crippen LogP contribution in [0.2, 0.25) is 0 Å². The first kappa shape index (κ1) is 13.3. The summed E-state index contributed by atoms with van der Waals surface area (Å²) in [7, 11) is 0. The molecule has 3 heteroatoms. The molecule has 0 aromatic heterocycles. The molecule has 0 aliphatic heterocycles. The number of hydrogen-bond donors (Lipinski definition) is 1. The summed E-state index contributed by atoms with van der Waals surface area (Å²) >= 11 is 0. The van der Waals surface area contributed by atoms with Crippen LogP contribution in [-0.4, -0.2) is 18.7 Å². The van der Waals surface area contributed by atoms with Crippen molar-refractivity contribution in [3.8, 4) is 0 Å². The van der Waals surface area contributed by atoms with E-state index in [0.29, 0.717) is 17.4 Å². The fourth-order valence-electron chi connectivity index (χ4n) is 3.29. The zero-order valence-electron chi connectivity index (χ0n) is 11.2. The average Bonchev–Trinajstić information content (AvgIpc) is 1.96. The van der Waals surface area contributed by atoms with Gasteiger partial charge in [0.15, 0.2) is 0 Å². The van der Waals surface area contributed by atoms with Crippen molar-refractivity contribution in [1.29, 1.82) is 0 Å². The van der Waals surface area contributed by atoms with Crippen LogP contribution in [0.3, 0.4) is 0 Å². The van der Waals surface area contributed by atoms with Gasteiger partial charge in [-0.1, -0.05) is 27.7 Å². The Morgan fingerprint density at radius 2 is 1.75 bits per heavy atom. The van der Waals surface area contributed by atoms with E-state index in [1.807, 2.05) is 6.92 Å². The quantitative estimate of drug-likeness (QED) is 0.785. The molecule has 0 aromatic rings. The SMILES string of the molecule is CCOC(=O)NC1CC(C)(C)CC(C)(C)C1. The molecule has 0 radical (unpaired) electrons. The lowest BCUT2D eigenvalue weighted by Crippen LogP contribution is -2.46. The highest BCUT2D eigenvalue weighted by Crippen LogP contribution is 2.45. The molecule has 0 spiro atoms. The third kappa shape index (κ3) is 4.03. The first-order valence-corrected chi connectivity index (χ1v) is 6.17. The molecule has 94 valence electrons. The number of alkyl carbamates (subject to hydrolysis) is 1. The van der Waals surface area contributed by atoms with Crippen LogP contribution in [0.1, 0.15) is 53.9 Å². The van der Waals surface area contributed by atoms with Crippen LogP contribution < -0.4 is 5.32 Å². The van der Waals surface area contributed by atoms with Crippen molar-refractivity contribution in [3.63, 3.8) is 0 Å². The second-order valence-electron chi connectivity index (χ2n) is 6.48. The minimum Gasteiger partial charge on any atom is -0.450 e. The summed E-state index contributed by atoms with van der Waals surface area (Å²) < 4.78 is 4.93. The second-order valence-corrected chi connectivity index (χ2v) is 6.48. The number of carbonyl (C=O) groups excluding carboxylic acids is 1. The Labute approximate surface area is 98.9 Å². The van der Waals surface area contributed by atoms with E-state index in [1.165, 1.54) is 6.42 Å². The van der Waals surface area contributed by atoms with E-state index in [-0.39, 0.29) is 12.1 Å². The molecule has 0 saturated heterocycles. The molecule has 16 heavy (non-hydrogen) atoms. The van der Waals surface area contributed by atoms with Crippen molar-refractivity contribution in [3.05, 3.63) is 0 Å². The molecule has 3 nitrogen and oxygen atoms in total. The van der Waals surface area contributed by atoms with Gasteiger partial charge in [0.2, 0.25) is 0 Å². The fraction of sp³-hybridized carbons (Fsp3) is 0.923. The first-order valence-electron chi connectivity index (χ1n) is 6.17. The number of rotatable bonds is 2. The predicted octanol–water partition coefficient (Wildman–Crippen LogP) is 3.34. The minimum absolute atomic E-state index is 0.248. The van der Waals surface area contributed by atoms with Crippen LogP contribution >= 0.6 is 0 Å². The van der Waals surface area contributed by atoms with E-state index in [2.05, 4.69) is 33.0 Å². The lowest BCUT2D eigenvalue weighted by atomic mass is 9.63. The van der Waals surface area contributed by atoms with Gasteiger partial charge in [-0.25, -0.2) is 4.79 Å². The molecular weight excluding hydrogens is 202 g/mol. The molecule has 1 aliphatic carbocycles. The van der Waals surface area contributed by atoms with Crippen molar-refractivity contribution in [2.45, 2.75) is 59.9 Å². The summed E-state index contributed by atoms with van der Waals surface area (Å²) in [5.74, 6) is 0. The number of ether oxygens (including phenoxy) is 1. The van der Waals surface area contributed by atoms with Gasteiger partial charge in [0, 0.05) is 6.04 Å². The molecule has 0 bridgehead atoms. The van der Waals surface area contributed by atoms with Gasteiger partial charge in [0.1, 0.15) is 0 Å². The van der Waals surface area contributed by atoms with Gasteiger partial charge in [-0.05, 0) is 37.0 Å². The molecule has 0 unspecified atom stereocenters. The van der Waals surface area contributed by atoms with E-state index >= 15 is 0 Å². The highest BCUT2D eigenvalue weighted by molar-refractivity contribution is 5.67. The second kappa shape index (κ2) is 4.64. The molecule has 1 rings (SSSR count). The molecule has 1 saturated carbocycles. The van der Waals surface area contributed by atoms with Crippen LogP contribution in [0.5, 0.6) is 0 Å². The van der Waals surface area contributed by atoms with Gasteiger partial charge in [0.05, 0.1) is 6.61 Å². The lowest BCUT2D eigenvalue weighted by Gasteiger charge is -2.44. The number of amides is 1. The summed E-state index contributed by atoms with van der Waals surface area (Å²) in [5, 5.41) is 2.97. The molecule has 0 aromatic carbocycles. The maximum Gasteiger partial charge on any atom is 0.407 e. The Morgan fingerprint density at radius 1 is 1.25 bits per heavy atom. The monoisotopic (exact) mass is 227 g/mol. The summed E-state index contributed by atoms with van der Waals surface area (Å²) in [4.78, 5) is 11.4. The van der Waals surface area contributed by atoms with Gasteiger partial charge in [-0.3, -0.25) is 0 Å². The molecule has 1 aliphatic rings. The standard InChI is InChI=1S/C13H25NO2/c1-6-16-11(15)14-10-7-12(2,3)9-13(4,5)8-10/h10H,6-9H2,1-5H3,(H,14,15). The van der Waals surface area contributed by atoms with Crippen LogP contribution in [0.25, 0.3) is 0 Å². The van der Waals surface area contributed by atoms with E-state index < -0.39 is 0 Å². The smallest absolute Gasteiger partial charge is 0.407 e. The van der Waals surface area contributed by atoms with Crippen molar-refractivity contribution < 1.29 is 9.53 Å². The van der Waals surface area contributed by atoms with Crippen molar-refractivity contribution in [1.82, 2.24) is 5.32 Å². The number of hydrogen-bond acceptors (Lipinski definition) is 2. The predicted molar refractivity (Wildman–Crippen MR) is 65.4 cm³/mol. The van der Waals surface area contributed by atoms with Crippen LogP contribution in [0, 0.1) is 10.8 Å². The molecule has 1 N–H and O–H groups in total. The average molecular weight is 227 g/mol. The lowest BCUT2D eigenvalue weighted by molar-refractivity contribution is 0.0784. The van der Waals surface area contributed by atoms with E-state index in [0.717, 1.165) is 12.8 Å². The highest BCUT2D eigenvalue weighted by atomic mass is 16.5. The van der Waals surface area contributed by atoms with Crippen LogP contribution in [0.4, 0.5) is 4.79 Å². The minimum atomic E-state index is -0.277. The topological polar surface area (TPSA) is 38.3 Å². The largest absolute Gasteiger partial charge is 0.450 e.